The lowest BCUT2D eigenvalue weighted by Gasteiger charge is -1.96. The van der Waals surface area contributed by atoms with Gasteiger partial charge in [0.05, 0.1) is 7.11 Å². The van der Waals surface area contributed by atoms with Crippen LogP contribution in [0.25, 0.3) is 0 Å². The van der Waals surface area contributed by atoms with Gasteiger partial charge in [0, 0.05) is 0 Å². The molecule has 0 aromatic rings. The Bertz CT molecular complexity index is 206. The van der Waals surface area contributed by atoms with E-state index in [9.17, 15) is 4.79 Å². The number of allylic oxidation sites excluding steroid dienone is 1. The fraction of sp³-hybridized carbons (Fsp3) is 0.429. The third kappa shape index (κ3) is 1.90. The molecule has 0 aromatic heterocycles. The molecule has 0 amide bonds. The first kappa shape index (κ1) is 8.70. The highest BCUT2D eigenvalue weighted by Gasteiger charge is 2.08. The number of carbonyl (C=O) groups excluding carboxylic acids is 1. The number of nitrogens with zero attached hydrogens (tertiary/aromatic N) is 1. The van der Waals surface area contributed by atoms with E-state index in [1.54, 1.807) is 19.9 Å². The summed E-state index contributed by atoms with van der Waals surface area (Å²) in [7, 11) is 1.25. The van der Waals surface area contributed by atoms with Crippen molar-refractivity contribution in [2.45, 2.75) is 13.8 Å². The van der Waals surface area contributed by atoms with Crippen molar-refractivity contribution in [3.8, 4) is 6.07 Å². The fourth-order valence-electron chi connectivity index (χ4n) is 0.464. The average molecular weight is 139 g/mol. The first-order valence-electron chi connectivity index (χ1n) is 2.79. The van der Waals surface area contributed by atoms with E-state index in [4.69, 9.17) is 5.26 Å². The van der Waals surface area contributed by atoms with Crippen LogP contribution in [0.1, 0.15) is 13.8 Å². The summed E-state index contributed by atoms with van der Waals surface area (Å²) in [6.45, 7) is 3.38. The highest BCUT2D eigenvalue weighted by molar-refractivity contribution is 5.93. The Kier molecular flexibility index (Phi) is 3.20. The average Bonchev–Trinajstić information content (AvgIpc) is 1.88. The summed E-state index contributed by atoms with van der Waals surface area (Å²) >= 11 is 0. The molecule has 3 nitrogen and oxygen atoms in total. The molecule has 0 aromatic carbocycles. The van der Waals surface area contributed by atoms with E-state index in [2.05, 4.69) is 4.74 Å². The molecule has 0 N–H and O–H groups in total. The Morgan fingerprint density at radius 3 is 2.10 bits per heavy atom. The predicted octanol–water partition coefficient (Wildman–Crippen LogP) is 1.02. The summed E-state index contributed by atoms with van der Waals surface area (Å²) < 4.78 is 4.35. The molecular weight excluding hydrogens is 130 g/mol. The Balaban J connectivity index is 4.59. The van der Waals surface area contributed by atoms with E-state index >= 15 is 0 Å². The third-order valence-electron chi connectivity index (χ3n) is 1.00. The highest BCUT2D eigenvalue weighted by Crippen LogP contribution is 2.02. The van der Waals surface area contributed by atoms with Gasteiger partial charge in [0.15, 0.2) is 0 Å². The zero-order chi connectivity index (χ0) is 8.15. The molecular formula is C7H9NO2. The van der Waals surface area contributed by atoms with Crippen molar-refractivity contribution in [3.63, 3.8) is 0 Å². The number of hydrogen-bond donors (Lipinski definition) is 0. The van der Waals surface area contributed by atoms with E-state index in [0.717, 1.165) is 0 Å². The Labute approximate surface area is 59.9 Å². The largest absolute Gasteiger partial charge is 0.465 e. The summed E-state index contributed by atoms with van der Waals surface area (Å²) in [5.74, 6) is -0.567. The van der Waals surface area contributed by atoms with Crippen molar-refractivity contribution < 1.29 is 9.53 Å². The van der Waals surface area contributed by atoms with Crippen LogP contribution in [0, 0.1) is 11.3 Å². The Morgan fingerprint density at radius 1 is 1.50 bits per heavy atom. The number of nitriles is 1. The van der Waals surface area contributed by atoms with Gasteiger partial charge in [-0.05, 0) is 13.8 Å². The first-order chi connectivity index (χ1) is 4.63. The molecule has 0 bridgehead atoms. The zero-order valence-electron chi connectivity index (χ0n) is 6.26. The second kappa shape index (κ2) is 3.67. The monoisotopic (exact) mass is 139 g/mol. The third-order valence-corrected chi connectivity index (χ3v) is 1.00. The quantitative estimate of drug-likeness (QED) is 0.309. The van der Waals surface area contributed by atoms with Crippen LogP contribution >= 0.6 is 0 Å². The Morgan fingerprint density at radius 2 is 2.00 bits per heavy atom. The molecule has 0 unspecified atom stereocenters. The van der Waals surface area contributed by atoms with Crippen molar-refractivity contribution in [2.24, 2.45) is 0 Å². The number of ether oxygens (including phenoxy) is 1. The topological polar surface area (TPSA) is 50.1 Å². The smallest absolute Gasteiger partial charge is 0.348 e. The maximum atomic E-state index is 10.7. The van der Waals surface area contributed by atoms with Crippen molar-refractivity contribution >= 4 is 5.97 Å². The molecule has 0 heterocycles. The SMILES string of the molecule is COC(=O)C(C#N)=C(C)C. The molecule has 0 spiro atoms. The van der Waals surface area contributed by atoms with Crippen molar-refractivity contribution in [1.82, 2.24) is 0 Å². The molecule has 54 valence electrons. The van der Waals surface area contributed by atoms with Gasteiger partial charge in [-0.1, -0.05) is 5.57 Å². The van der Waals surface area contributed by atoms with Crippen molar-refractivity contribution in [2.75, 3.05) is 7.11 Å². The van der Waals surface area contributed by atoms with Crippen molar-refractivity contribution in [3.05, 3.63) is 11.1 Å². The number of hydrogen-bond acceptors (Lipinski definition) is 3. The number of carbonyl (C=O) groups is 1. The normalized spacial score (nSPS) is 7.80. The molecule has 0 aliphatic carbocycles. The second-order valence-corrected chi connectivity index (χ2v) is 1.98. The molecule has 3 heteroatoms. The summed E-state index contributed by atoms with van der Waals surface area (Å²) in [4.78, 5) is 10.7. The zero-order valence-corrected chi connectivity index (χ0v) is 6.26. The van der Waals surface area contributed by atoms with Gasteiger partial charge in [-0.3, -0.25) is 0 Å². The summed E-state index contributed by atoms with van der Waals surface area (Å²) in [5.41, 5.74) is 0.761. The molecule has 10 heavy (non-hydrogen) atoms. The maximum Gasteiger partial charge on any atom is 0.348 e. The van der Waals surface area contributed by atoms with Crippen LogP contribution in [0.15, 0.2) is 11.1 Å². The molecule has 0 atom stereocenters. The van der Waals surface area contributed by atoms with Gasteiger partial charge in [0.25, 0.3) is 0 Å². The standard InChI is InChI=1S/C7H9NO2/c1-5(2)6(4-8)7(9)10-3/h1-3H3. The molecule has 0 rings (SSSR count). The summed E-state index contributed by atoms with van der Waals surface area (Å²) in [6, 6.07) is 1.76. The van der Waals surface area contributed by atoms with Crippen LogP contribution in [0.2, 0.25) is 0 Å². The van der Waals surface area contributed by atoms with Gasteiger partial charge in [-0.25, -0.2) is 4.79 Å². The second-order valence-electron chi connectivity index (χ2n) is 1.98. The lowest BCUT2D eigenvalue weighted by Crippen LogP contribution is -2.04. The van der Waals surface area contributed by atoms with Gasteiger partial charge in [-0.15, -0.1) is 0 Å². The van der Waals surface area contributed by atoms with E-state index < -0.39 is 5.97 Å². The van der Waals surface area contributed by atoms with E-state index in [-0.39, 0.29) is 5.57 Å². The van der Waals surface area contributed by atoms with Crippen LogP contribution < -0.4 is 0 Å². The fourth-order valence-corrected chi connectivity index (χ4v) is 0.464. The molecule has 0 fully saturated rings. The van der Waals surface area contributed by atoms with E-state index in [0.29, 0.717) is 5.57 Å². The van der Waals surface area contributed by atoms with Crippen LogP contribution in [-0.2, 0) is 9.53 Å². The number of rotatable bonds is 1. The Hall–Kier alpha value is -1.30. The highest BCUT2D eigenvalue weighted by atomic mass is 16.5. The number of methoxy groups -OCH3 is 1. The lowest BCUT2D eigenvalue weighted by atomic mass is 10.2. The molecule has 0 saturated carbocycles. The molecule has 0 aliphatic rings. The van der Waals surface area contributed by atoms with Crippen LogP contribution in [0.5, 0.6) is 0 Å². The minimum absolute atomic E-state index is 0.0856. The van der Waals surface area contributed by atoms with E-state index in [1.807, 2.05) is 0 Å². The maximum absolute atomic E-state index is 10.7. The van der Waals surface area contributed by atoms with Crippen LogP contribution in [-0.4, -0.2) is 13.1 Å². The summed E-state index contributed by atoms with van der Waals surface area (Å²) in [5, 5.41) is 8.39. The minimum Gasteiger partial charge on any atom is -0.465 e. The van der Waals surface area contributed by atoms with Gasteiger partial charge in [-0.2, -0.15) is 5.26 Å². The number of esters is 1. The van der Waals surface area contributed by atoms with Crippen LogP contribution in [0.3, 0.4) is 0 Å². The molecule has 0 radical (unpaired) electrons. The summed E-state index contributed by atoms with van der Waals surface area (Å²) in [6.07, 6.45) is 0. The van der Waals surface area contributed by atoms with Gasteiger partial charge < -0.3 is 4.74 Å². The molecule has 0 aliphatic heterocycles. The first-order valence-corrected chi connectivity index (χ1v) is 2.79. The van der Waals surface area contributed by atoms with Gasteiger partial charge >= 0.3 is 5.97 Å². The molecule has 0 saturated heterocycles. The predicted molar refractivity (Wildman–Crippen MR) is 36.0 cm³/mol. The van der Waals surface area contributed by atoms with Gasteiger partial charge in [0.2, 0.25) is 0 Å². The van der Waals surface area contributed by atoms with Crippen LogP contribution in [0.4, 0.5) is 0 Å². The van der Waals surface area contributed by atoms with Gasteiger partial charge in [0.1, 0.15) is 11.6 Å². The van der Waals surface area contributed by atoms with E-state index in [1.165, 1.54) is 7.11 Å². The minimum atomic E-state index is -0.567. The lowest BCUT2D eigenvalue weighted by molar-refractivity contribution is -0.135. The van der Waals surface area contributed by atoms with Crippen molar-refractivity contribution in [1.29, 1.82) is 5.26 Å².